The van der Waals surface area contributed by atoms with Crippen molar-refractivity contribution in [2.75, 3.05) is 6.61 Å². The summed E-state index contributed by atoms with van der Waals surface area (Å²) in [7, 11) is 0. The van der Waals surface area contributed by atoms with E-state index >= 15 is 0 Å². The zero-order valence-electron chi connectivity index (χ0n) is 9.00. The van der Waals surface area contributed by atoms with Gasteiger partial charge < -0.3 is 10.5 Å². The fourth-order valence-electron chi connectivity index (χ4n) is 2.17. The number of hydrogen-bond acceptors (Lipinski definition) is 2. The predicted octanol–water partition coefficient (Wildman–Crippen LogP) is 1.56. The molecule has 2 atom stereocenters. The van der Waals surface area contributed by atoms with Crippen molar-refractivity contribution >= 4 is 5.91 Å². The number of alkyl halides is 2. The highest BCUT2D eigenvalue weighted by molar-refractivity contribution is 5.77. The lowest BCUT2D eigenvalue weighted by atomic mass is 9.71. The fourth-order valence-corrected chi connectivity index (χ4v) is 2.17. The van der Waals surface area contributed by atoms with Crippen molar-refractivity contribution in [3.8, 4) is 0 Å². The van der Waals surface area contributed by atoms with Gasteiger partial charge in [-0.15, -0.1) is 0 Å². The van der Waals surface area contributed by atoms with Crippen LogP contribution in [-0.4, -0.2) is 24.5 Å². The SMILES string of the molecule is CCOC(C)C(C(N)=O)C1CC(F)(F)C1. The Labute approximate surface area is 88.0 Å². The molecule has 0 aromatic heterocycles. The molecule has 0 aliphatic heterocycles. The molecule has 0 heterocycles. The third kappa shape index (κ3) is 2.87. The Morgan fingerprint density at radius 1 is 1.60 bits per heavy atom. The Morgan fingerprint density at radius 3 is 2.47 bits per heavy atom. The topological polar surface area (TPSA) is 52.3 Å². The Balaban J connectivity index is 2.56. The number of halogens is 2. The number of ether oxygens (including phenoxy) is 1. The van der Waals surface area contributed by atoms with Gasteiger partial charge in [-0.1, -0.05) is 0 Å². The van der Waals surface area contributed by atoms with Crippen molar-refractivity contribution in [3.05, 3.63) is 0 Å². The first-order chi connectivity index (χ1) is 6.87. The molecule has 0 spiro atoms. The quantitative estimate of drug-likeness (QED) is 0.766. The summed E-state index contributed by atoms with van der Waals surface area (Å²) in [5, 5.41) is 0. The Bertz CT molecular complexity index is 238. The lowest BCUT2D eigenvalue weighted by molar-refractivity contribution is -0.156. The van der Waals surface area contributed by atoms with Crippen LogP contribution in [0.5, 0.6) is 0 Å². The second-order valence-electron chi connectivity index (χ2n) is 4.11. The molecule has 1 aliphatic carbocycles. The summed E-state index contributed by atoms with van der Waals surface area (Å²) >= 11 is 0. The zero-order chi connectivity index (χ0) is 11.6. The third-order valence-electron chi connectivity index (χ3n) is 2.89. The minimum Gasteiger partial charge on any atom is -0.378 e. The largest absolute Gasteiger partial charge is 0.378 e. The van der Waals surface area contributed by atoms with Crippen molar-refractivity contribution in [2.24, 2.45) is 17.6 Å². The number of rotatable bonds is 5. The van der Waals surface area contributed by atoms with Gasteiger partial charge in [0.15, 0.2) is 0 Å². The lowest BCUT2D eigenvalue weighted by Gasteiger charge is -2.40. The molecular formula is C10H17F2NO2. The van der Waals surface area contributed by atoms with Gasteiger partial charge in [0.05, 0.1) is 12.0 Å². The molecule has 3 nitrogen and oxygen atoms in total. The molecule has 2 unspecified atom stereocenters. The molecule has 2 N–H and O–H groups in total. The summed E-state index contributed by atoms with van der Waals surface area (Å²) in [4.78, 5) is 11.2. The van der Waals surface area contributed by atoms with Crippen molar-refractivity contribution < 1.29 is 18.3 Å². The molecule has 1 rings (SSSR count). The number of carbonyl (C=O) groups excluding carboxylic acids is 1. The van der Waals surface area contributed by atoms with Crippen LogP contribution in [0.2, 0.25) is 0 Å². The highest BCUT2D eigenvalue weighted by Crippen LogP contribution is 2.47. The molecule has 15 heavy (non-hydrogen) atoms. The van der Waals surface area contributed by atoms with Gasteiger partial charge in [0.2, 0.25) is 11.8 Å². The molecule has 1 fully saturated rings. The van der Waals surface area contributed by atoms with Crippen molar-refractivity contribution in [2.45, 2.75) is 38.7 Å². The van der Waals surface area contributed by atoms with Crippen molar-refractivity contribution in [3.63, 3.8) is 0 Å². The maximum absolute atomic E-state index is 12.7. The van der Waals surface area contributed by atoms with Gasteiger partial charge in [-0.3, -0.25) is 4.79 Å². The molecule has 0 radical (unpaired) electrons. The van der Waals surface area contributed by atoms with E-state index in [-0.39, 0.29) is 24.9 Å². The smallest absolute Gasteiger partial charge is 0.248 e. The Hall–Kier alpha value is -0.710. The van der Waals surface area contributed by atoms with E-state index in [0.29, 0.717) is 6.61 Å². The van der Waals surface area contributed by atoms with Crippen LogP contribution in [0.4, 0.5) is 8.78 Å². The van der Waals surface area contributed by atoms with Gasteiger partial charge in [0.25, 0.3) is 0 Å². The number of nitrogens with two attached hydrogens (primary N) is 1. The molecule has 1 aliphatic rings. The highest BCUT2D eigenvalue weighted by atomic mass is 19.3. The van der Waals surface area contributed by atoms with Crippen molar-refractivity contribution in [1.82, 2.24) is 0 Å². The number of carbonyl (C=O) groups is 1. The molecule has 5 heteroatoms. The molecule has 0 aromatic carbocycles. The van der Waals surface area contributed by atoms with Gasteiger partial charge >= 0.3 is 0 Å². The number of amides is 1. The van der Waals surface area contributed by atoms with Gasteiger partial charge in [-0.25, -0.2) is 8.78 Å². The summed E-state index contributed by atoms with van der Waals surface area (Å²) in [5.74, 6) is -4.09. The molecule has 88 valence electrons. The highest BCUT2D eigenvalue weighted by Gasteiger charge is 2.51. The fraction of sp³-hybridized carbons (Fsp3) is 0.900. The molecule has 1 amide bonds. The summed E-state index contributed by atoms with van der Waals surface area (Å²) in [6.07, 6.45) is -0.885. The lowest BCUT2D eigenvalue weighted by Crippen LogP contribution is -2.48. The molecule has 1 saturated carbocycles. The summed E-state index contributed by atoms with van der Waals surface area (Å²) < 4.78 is 30.6. The average Bonchev–Trinajstić information content (AvgIpc) is 2.00. The van der Waals surface area contributed by atoms with E-state index < -0.39 is 17.7 Å². The first-order valence-electron chi connectivity index (χ1n) is 5.16. The number of hydrogen-bond donors (Lipinski definition) is 1. The van der Waals surface area contributed by atoms with Gasteiger partial charge in [-0.05, 0) is 19.8 Å². The van der Waals surface area contributed by atoms with Crippen LogP contribution in [0.1, 0.15) is 26.7 Å². The summed E-state index contributed by atoms with van der Waals surface area (Å²) in [6, 6.07) is 0. The van der Waals surface area contributed by atoms with Gasteiger partial charge in [-0.2, -0.15) is 0 Å². The van der Waals surface area contributed by atoms with Crippen LogP contribution in [0, 0.1) is 11.8 Å². The van der Waals surface area contributed by atoms with E-state index in [1.54, 1.807) is 13.8 Å². The second kappa shape index (κ2) is 4.43. The maximum atomic E-state index is 12.7. The normalized spacial score (nSPS) is 24.3. The van der Waals surface area contributed by atoms with E-state index in [4.69, 9.17) is 10.5 Å². The standard InChI is InChI=1S/C10H17F2NO2/c1-3-15-6(2)8(9(13)14)7-4-10(11,12)5-7/h6-8H,3-5H2,1-2H3,(H2,13,14). The van der Waals surface area contributed by atoms with E-state index in [1.807, 2.05) is 0 Å². The van der Waals surface area contributed by atoms with Crippen LogP contribution in [0.3, 0.4) is 0 Å². The summed E-state index contributed by atoms with van der Waals surface area (Å²) in [5.41, 5.74) is 5.20. The van der Waals surface area contributed by atoms with Gasteiger partial charge in [0.1, 0.15) is 0 Å². The van der Waals surface area contributed by atoms with E-state index in [9.17, 15) is 13.6 Å². The van der Waals surface area contributed by atoms with E-state index in [1.165, 1.54) is 0 Å². The van der Waals surface area contributed by atoms with E-state index in [2.05, 4.69) is 0 Å². The van der Waals surface area contributed by atoms with Gasteiger partial charge in [0, 0.05) is 19.4 Å². The molecule has 0 aromatic rings. The molecule has 0 bridgehead atoms. The van der Waals surface area contributed by atoms with Crippen LogP contribution in [0.15, 0.2) is 0 Å². The Morgan fingerprint density at radius 2 is 2.13 bits per heavy atom. The minimum atomic E-state index is -2.62. The predicted molar refractivity (Wildman–Crippen MR) is 51.4 cm³/mol. The number of primary amides is 1. The zero-order valence-corrected chi connectivity index (χ0v) is 9.00. The van der Waals surface area contributed by atoms with E-state index in [0.717, 1.165) is 0 Å². The second-order valence-corrected chi connectivity index (χ2v) is 4.11. The third-order valence-corrected chi connectivity index (χ3v) is 2.89. The first-order valence-corrected chi connectivity index (χ1v) is 5.16. The van der Waals surface area contributed by atoms with Crippen LogP contribution in [-0.2, 0) is 9.53 Å². The maximum Gasteiger partial charge on any atom is 0.248 e. The molecular weight excluding hydrogens is 204 g/mol. The average molecular weight is 221 g/mol. The minimum absolute atomic E-state index is 0.252. The van der Waals surface area contributed by atoms with Crippen LogP contribution >= 0.6 is 0 Å². The van der Waals surface area contributed by atoms with Crippen LogP contribution in [0.25, 0.3) is 0 Å². The van der Waals surface area contributed by atoms with Crippen molar-refractivity contribution in [1.29, 1.82) is 0 Å². The first kappa shape index (κ1) is 12.4. The Kier molecular flexibility index (Phi) is 3.65. The van der Waals surface area contributed by atoms with Crippen LogP contribution < -0.4 is 5.73 Å². The monoisotopic (exact) mass is 221 g/mol. The molecule has 0 saturated heterocycles. The summed E-state index contributed by atoms with van der Waals surface area (Å²) in [6.45, 7) is 3.95.